The molecule has 1 N–H and O–H groups in total. The van der Waals surface area contributed by atoms with Gasteiger partial charge in [-0.3, -0.25) is 4.79 Å². The van der Waals surface area contributed by atoms with Gasteiger partial charge in [0.2, 0.25) is 5.91 Å². The fourth-order valence-electron chi connectivity index (χ4n) is 2.16. The summed E-state index contributed by atoms with van der Waals surface area (Å²) in [6.45, 7) is 5.99. The van der Waals surface area contributed by atoms with Crippen molar-refractivity contribution >= 4 is 27.5 Å². The van der Waals surface area contributed by atoms with Crippen molar-refractivity contribution in [3.8, 4) is 0 Å². The van der Waals surface area contributed by atoms with E-state index in [2.05, 4.69) is 44.7 Å². The monoisotopic (exact) mass is 358 g/mol. The first-order chi connectivity index (χ1) is 10.5. The SMILES string of the molecule is C/C(=N/NC(=O)Cc1ccc(Br)cc1)c1cc(C)ccc1C. The smallest absolute Gasteiger partial charge is 0.244 e. The summed E-state index contributed by atoms with van der Waals surface area (Å²) >= 11 is 3.38. The van der Waals surface area contributed by atoms with Crippen molar-refractivity contribution in [1.29, 1.82) is 0 Å². The van der Waals surface area contributed by atoms with Gasteiger partial charge in [-0.25, -0.2) is 5.43 Å². The summed E-state index contributed by atoms with van der Waals surface area (Å²) in [6, 6.07) is 13.9. The molecular weight excluding hydrogens is 340 g/mol. The van der Waals surface area contributed by atoms with E-state index in [1.165, 1.54) is 5.56 Å². The van der Waals surface area contributed by atoms with Crippen LogP contribution in [0, 0.1) is 13.8 Å². The Morgan fingerprint density at radius 3 is 2.50 bits per heavy atom. The second kappa shape index (κ2) is 7.36. The normalized spacial score (nSPS) is 11.4. The molecule has 0 aliphatic heterocycles. The van der Waals surface area contributed by atoms with Crippen LogP contribution in [-0.4, -0.2) is 11.6 Å². The molecule has 0 heterocycles. The lowest BCUT2D eigenvalue weighted by atomic mass is 10.0. The molecule has 0 saturated heterocycles. The van der Waals surface area contributed by atoms with Crippen LogP contribution in [0.1, 0.15) is 29.2 Å². The molecule has 0 bridgehead atoms. The van der Waals surface area contributed by atoms with Crippen molar-refractivity contribution in [3.63, 3.8) is 0 Å². The minimum Gasteiger partial charge on any atom is -0.273 e. The van der Waals surface area contributed by atoms with Crippen molar-refractivity contribution in [2.45, 2.75) is 27.2 Å². The number of benzene rings is 2. The third-order valence-electron chi connectivity index (χ3n) is 3.41. The maximum Gasteiger partial charge on any atom is 0.244 e. The van der Waals surface area contributed by atoms with Crippen LogP contribution in [0.5, 0.6) is 0 Å². The van der Waals surface area contributed by atoms with Crippen LogP contribution in [0.25, 0.3) is 0 Å². The molecule has 0 aliphatic carbocycles. The Hall–Kier alpha value is -1.94. The second-order valence-corrected chi connectivity index (χ2v) is 6.27. The number of carbonyl (C=O) groups is 1. The maximum atomic E-state index is 12.0. The minimum absolute atomic E-state index is 0.119. The molecule has 0 spiro atoms. The van der Waals surface area contributed by atoms with Crippen LogP contribution in [-0.2, 0) is 11.2 Å². The molecule has 2 rings (SSSR count). The molecule has 0 aliphatic rings. The lowest BCUT2D eigenvalue weighted by molar-refractivity contribution is -0.120. The third-order valence-corrected chi connectivity index (χ3v) is 3.94. The van der Waals surface area contributed by atoms with E-state index >= 15 is 0 Å². The summed E-state index contributed by atoms with van der Waals surface area (Å²) in [7, 11) is 0. The van der Waals surface area contributed by atoms with Crippen LogP contribution in [0.2, 0.25) is 0 Å². The highest BCUT2D eigenvalue weighted by Crippen LogP contribution is 2.12. The number of amides is 1. The first-order valence-electron chi connectivity index (χ1n) is 7.11. The molecule has 1 amide bonds. The summed E-state index contributed by atoms with van der Waals surface area (Å²) in [6.07, 6.45) is 0.316. The number of hydrazone groups is 1. The third kappa shape index (κ3) is 4.53. The van der Waals surface area contributed by atoms with Gasteiger partial charge in [-0.15, -0.1) is 0 Å². The van der Waals surface area contributed by atoms with Gasteiger partial charge in [-0.1, -0.05) is 45.8 Å². The van der Waals surface area contributed by atoms with E-state index in [0.717, 1.165) is 26.9 Å². The Morgan fingerprint density at radius 2 is 1.82 bits per heavy atom. The first kappa shape index (κ1) is 16.4. The van der Waals surface area contributed by atoms with E-state index < -0.39 is 0 Å². The zero-order valence-electron chi connectivity index (χ0n) is 13.0. The van der Waals surface area contributed by atoms with Crippen molar-refractivity contribution in [3.05, 3.63) is 69.2 Å². The molecule has 22 heavy (non-hydrogen) atoms. The maximum absolute atomic E-state index is 12.0. The number of hydrogen-bond acceptors (Lipinski definition) is 2. The topological polar surface area (TPSA) is 41.5 Å². The average molecular weight is 359 g/mol. The van der Waals surface area contributed by atoms with Crippen LogP contribution in [0.3, 0.4) is 0 Å². The van der Waals surface area contributed by atoms with Gasteiger partial charge in [0.15, 0.2) is 0 Å². The van der Waals surface area contributed by atoms with Gasteiger partial charge >= 0.3 is 0 Å². The Labute approximate surface area is 139 Å². The Balaban J connectivity index is 2.02. The number of nitrogens with zero attached hydrogens (tertiary/aromatic N) is 1. The number of aryl methyl sites for hydroxylation is 2. The highest BCUT2D eigenvalue weighted by molar-refractivity contribution is 9.10. The molecule has 2 aromatic rings. The van der Waals surface area contributed by atoms with E-state index in [4.69, 9.17) is 0 Å². The summed E-state index contributed by atoms with van der Waals surface area (Å²) in [4.78, 5) is 12.0. The number of rotatable bonds is 4. The largest absolute Gasteiger partial charge is 0.273 e. The van der Waals surface area contributed by atoms with Crippen LogP contribution >= 0.6 is 15.9 Å². The van der Waals surface area contributed by atoms with E-state index in [-0.39, 0.29) is 5.91 Å². The lowest BCUT2D eigenvalue weighted by Crippen LogP contribution is -2.21. The van der Waals surface area contributed by atoms with Gasteiger partial charge in [0.05, 0.1) is 12.1 Å². The van der Waals surface area contributed by atoms with E-state index in [9.17, 15) is 4.79 Å². The molecule has 2 aromatic carbocycles. The quantitative estimate of drug-likeness (QED) is 0.647. The number of nitrogens with one attached hydrogen (secondary N) is 1. The van der Waals surface area contributed by atoms with Gasteiger partial charge in [0.25, 0.3) is 0 Å². The molecule has 0 fully saturated rings. The minimum atomic E-state index is -0.119. The van der Waals surface area contributed by atoms with Crippen molar-refractivity contribution in [2.24, 2.45) is 5.10 Å². The van der Waals surface area contributed by atoms with Crippen molar-refractivity contribution < 1.29 is 4.79 Å². The zero-order valence-corrected chi connectivity index (χ0v) is 14.6. The Kier molecular flexibility index (Phi) is 5.50. The number of halogens is 1. The molecule has 0 radical (unpaired) electrons. The molecule has 0 aromatic heterocycles. The van der Waals surface area contributed by atoms with Crippen LogP contribution < -0.4 is 5.43 Å². The fraction of sp³-hybridized carbons (Fsp3) is 0.222. The highest BCUT2D eigenvalue weighted by atomic mass is 79.9. The van der Waals surface area contributed by atoms with E-state index in [1.807, 2.05) is 45.0 Å². The molecule has 0 saturated carbocycles. The van der Waals surface area contributed by atoms with Gasteiger partial charge in [-0.05, 0) is 50.1 Å². The Bertz CT molecular complexity index is 706. The fourth-order valence-corrected chi connectivity index (χ4v) is 2.42. The number of hydrogen-bond donors (Lipinski definition) is 1. The highest BCUT2D eigenvalue weighted by Gasteiger charge is 2.05. The summed E-state index contributed by atoms with van der Waals surface area (Å²) < 4.78 is 1.00. The standard InChI is InChI=1S/C18H19BrN2O/c1-12-4-5-13(2)17(10-12)14(3)20-21-18(22)11-15-6-8-16(19)9-7-15/h4-10H,11H2,1-3H3,(H,21,22)/b20-14-. The summed E-state index contributed by atoms with van der Waals surface area (Å²) in [5.74, 6) is -0.119. The average Bonchev–Trinajstić information content (AvgIpc) is 2.49. The van der Waals surface area contributed by atoms with Crippen molar-refractivity contribution in [2.75, 3.05) is 0 Å². The molecule has 0 atom stereocenters. The van der Waals surface area contributed by atoms with Crippen LogP contribution in [0.15, 0.2) is 52.0 Å². The predicted octanol–water partition coefficient (Wildman–Crippen LogP) is 4.15. The van der Waals surface area contributed by atoms with Gasteiger partial charge < -0.3 is 0 Å². The first-order valence-corrected chi connectivity index (χ1v) is 7.90. The zero-order chi connectivity index (χ0) is 16.1. The molecule has 3 nitrogen and oxygen atoms in total. The number of carbonyl (C=O) groups excluding carboxylic acids is 1. The summed E-state index contributed by atoms with van der Waals surface area (Å²) in [5, 5.41) is 4.22. The summed E-state index contributed by atoms with van der Waals surface area (Å²) in [5.41, 5.74) is 7.78. The molecular formula is C18H19BrN2O. The van der Waals surface area contributed by atoms with Crippen LogP contribution in [0.4, 0.5) is 0 Å². The molecule has 4 heteroatoms. The lowest BCUT2D eigenvalue weighted by Gasteiger charge is -2.07. The second-order valence-electron chi connectivity index (χ2n) is 5.35. The van der Waals surface area contributed by atoms with Gasteiger partial charge in [-0.2, -0.15) is 5.10 Å². The van der Waals surface area contributed by atoms with Gasteiger partial charge in [0.1, 0.15) is 0 Å². The molecule has 0 unspecified atom stereocenters. The van der Waals surface area contributed by atoms with Gasteiger partial charge in [0, 0.05) is 10.0 Å². The Morgan fingerprint density at radius 1 is 1.14 bits per heavy atom. The van der Waals surface area contributed by atoms with E-state index in [0.29, 0.717) is 6.42 Å². The predicted molar refractivity (Wildman–Crippen MR) is 94.1 cm³/mol. The molecule has 114 valence electrons. The van der Waals surface area contributed by atoms with Crippen molar-refractivity contribution in [1.82, 2.24) is 5.43 Å². The van der Waals surface area contributed by atoms with E-state index in [1.54, 1.807) is 0 Å².